The third-order valence-corrected chi connectivity index (χ3v) is 3.53. The van der Waals surface area contributed by atoms with Crippen molar-refractivity contribution in [1.29, 1.82) is 0 Å². The van der Waals surface area contributed by atoms with Crippen LogP contribution in [-0.2, 0) is 11.2 Å². The molecule has 1 rings (SSSR count). The zero-order chi connectivity index (χ0) is 13.6. The van der Waals surface area contributed by atoms with Crippen LogP contribution in [0.25, 0.3) is 0 Å². The smallest absolute Gasteiger partial charge is 0.224 e. The zero-order valence-electron chi connectivity index (χ0n) is 12.0. The molecule has 0 aliphatic heterocycles. The summed E-state index contributed by atoms with van der Waals surface area (Å²) in [6.45, 7) is 6.69. The molecule has 0 aromatic heterocycles. The second-order valence-corrected chi connectivity index (χ2v) is 5.01. The van der Waals surface area contributed by atoms with Gasteiger partial charge in [0.15, 0.2) is 0 Å². The van der Waals surface area contributed by atoms with E-state index in [-0.39, 0.29) is 23.9 Å². The molecule has 4 heteroatoms. The van der Waals surface area contributed by atoms with Crippen molar-refractivity contribution in [2.45, 2.75) is 45.6 Å². The van der Waals surface area contributed by atoms with Gasteiger partial charge in [-0.05, 0) is 25.3 Å². The number of nitrogens with one attached hydrogen (secondary N) is 1. The number of aryl methyl sites for hydroxylation is 1. The molecule has 0 bridgehead atoms. The Morgan fingerprint density at radius 1 is 1.21 bits per heavy atom. The van der Waals surface area contributed by atoms with Gasteiger partial charge in [0, 0.05) is 12.1 Å². The highest BCUT2D eigenvalue weighted by molar-refractivity contribution is 5.85. The maximum atomic E-state index is 11.8. The number of rotatable bonds is 6. The molecule has 3 N–H and O–H groups in total. The van der Waals surface area contributed by atoms with E-state index in [0.717, 1.165) is 18.4 Å². The topological polar surface area (TPSA) is 55.1 Å². The van der Waals surface area contributed by atoms with Gasteiger partial charge in [0.05, 0.1) is 6.42 Å². The Kier molecular flexibility index (Phi) is 7.72. The van der Waals surface area contributed by atoms with E-state index < -0.39 is 0 Å². The number of carbonyl (C=O) groups excluding carboxylic acids is 1. The molecule has 0 atom stereocenters. The fourth-order valence-corrected chi connectivity index (χ4v) is 1.73. The lowest BCUT2D eigenvalue weighted by Gasteiger charge is -2.26. The van der Waals surface area contributed by atoms with Crippen molar-refractivity contribution in [3.05, 3.63) is 35.4 Å². The van der Waals surface area contributed by atoms with E-state index in [0.29, 0.717) is 13.0 Å². The van der Waals surface area contributed by atoms with Crippen molar-refractivity contribution < 1.29 is 4.79 Å². The van der Waals surface area contributed by atoms with E-state index >= 15 is 0 Å². The number of halogens is 1. The molecule has 0 aliphatic carbocycles. The van der Waals surface area contributed by atoms with Gasteiger partial charge in [-0.15, -0.1) is 12.4 Å². The molecule has 0 unspecified atom stereocenters. The molecule has 1 aromatic rings. The van der Waals surface area contributed by atoms with Crippen LogP contribution in [0.2, 0.25) is 0 Å². The molecule has 1 amide bonds. The van der Waals surface area contributed by atoms with Crippen LogP contribution in [0, 0.1) is 6.92 Å². The molecule has 0 fully saturated rings. The Labute approximate surface area is 122 Å². The Hall–Kier alpha value is -1.06. The summed E-state index contributed by atoms with van der Waals surface area (Å²) in [4.78, 5) is 11.8. The summed E-state index contributed by atoms with van der Waals surface area (Å²) in [5, 5.41) is 2.92. The molecule has 108 valence electrons. The van der Waals surface area contributed by atoms with Crippen molar-refractivity contribution in [3.8, 4) is 0 Å². The van der Waals surface area contributed by atoms with Gasteiger partial charge in [-0.3, -0.25) is 4.79 Å². The van der Waals surface area contributed by atoms with E-state index in [2.05, 4.69) is 19.2 Å². The lowest BCUT2D eigenvalue weighted by Crippen LogP contribution is -2.49. The largest absolute Gasteiger partial charge is 0.354 e. The fourth-order valence-electron chi connectivity index (χ4n) is 1.73. The summed E-state index contributed by atoms with van der Waals surface area (Å²) in [5.74, 6) is 0.0376. The lowest BCUT2D eigenvalue weighted by atomic mass is 9.94. The minimum Gasteiger partial charge on any atom is -0.354 e. The first-order valence-electron chi connectivity index (χ1n) is 6.60. The predicted octanol–water partition coefficient (Wildman–Crippen LogP) is 2.59. The summed E-state index contributed by atoms with van der Waals surface area (Å²) < 4.78 is 0. The number of hydrogen-bond donors (Lipinski definition) is 2. The lowest BCUT2D eigenvalue weighted by molar-refractivity contribution is -0.120. The summed E-state index contributed by atoms with van der Waals surface area (Å²) in [7, 11) is 0. The zero-order valence-corrected chi connectivity index (χ0v) is 12.8. The highest BCUT2D eigenvalue weighted by Crippen LogP contribution is 2.09. The molecule has 1 aromatic carbocycles. The monoisotopic (exact) mass is 284 g/mol. The Morgan fingerprint density at radius 2 is 1.74 bits per heavy atom. The van der Waals surface area contributed by atoms with E-state index in [1.54, 1.807) is 0 Å². The van der Waals surface area contributed by atoms with Crippen molar-refractivity contribution in [3.63, 3.8) is 0 Å². The van der Waals surface area contributed by atoms with Crippen LogP contribution < -0.4 is 11.1 Å². The van der Waals surface area contributed by atoms with Crippen molar-refractivity contribution in [1.82, 2.24) is 5.32 Å². The van der Waals surface area contributed by atoms with E-state index in [9.17, 15) is 4.79 Å². The van der Waals surface area contributed by atoms with E-state index in [1.165, 1.54) is 5.56 Å². The minimum absolute atomic E-state index is 0. The molecule has 19 heavy (non-hydrogen) atoms. The van der Waals surface area contributed by atoms with Crippen LogP contribution in [0.5, 0.6) is 0 Å². The normalized spacial score (nSPS) is 10.7. The van der Waals surface area contributed by atoms with Crippen molar-refractivity contribution in [2.24, 2.45) is 5.73 Å². The molecular formula is C15H25ClN2O. The highest BCUT2D eigenvalue weighted by atomic mass is 35.5. The standard InChI is InChI=1S/C15H24N2O.ClH/c1-4-15(16,5-2)11-17-14(18)10-13-8-6-12(3)7-9-13;/h6-9H,4-5,10-11,16H2,1-3H3,(H,17,18);1H. The van der Waals surface area contributed by atoms with Gasteiger partial charge in [-0.2, -0.15) is 0 Å². The highest BCUT2D eigenvalue weighted by Gasteiger charge is 2.20. The average Bonchev–Trinajstić information content (AvgIpc) is 2.39. The second kappa shape index (κ2) is 8.18. The van der Waals surface area contributed by atoms with Gasteiger partial charge in [-0.25, -0.2) is 0 Å². The molecule has 0 radical (unpaired) electrons. The number of amides is 1. The summed E-state index contributed by atoms with van der Waals surface area (Å²) in [6, 6.07) is 8.02. The summed E-state index contributed by atoms with van der Waals surface area (Å²) in [5.41, 5.74) is 8.11. The second-order valence-electron chi connectivity index (χ2n) is 5.01. The molecule has 0 saturated heterocycles. The van der Waals surface area contributed by atoms with Gasteiger partial charge in [0.25, 0.3) is 0 Å². The van der Waals surface area contributed by atoms with E-state index in [4.69, 9.17) is 5.73 Å². The molecular weight excluding hydrogens is 260 g/mol. The first-order chi connectivity index (χ1) is 8.49. The van der Waals surface area contributed by atoms with Gasteiger partial charge in [0.2, 0.25) is 5.91 Å². The Balaban J connectivity index is 0.00000324. The predicted molar refractivity (Wildman–Crippen MR) is 82.6 cm³/mol. The van der Waals surface area contributed by atoms with Crippen LogP contribution in [-0.4, -0.2) is 18.0 Å². The third-order valence-electron chi connectivity index (χ3n) is 3.53. The maximum absolute atomic E-state index is 11.8. The van der Waals surface area contributed by atoms with Crippen LogP contribution in [0.4, 0.5) is 0 Å². The summed E-state index contributed by atoms with van der Waals surface area (Å²) >= 11 is 0. The van der Waals surface area contributed by atoms with Crippen molar-refractivity contribution in [2.75, 3.05) is 6.54 Å². The van der Waals surface area contributed by atoms with E-state index in [1.807, 2.05) is 31.2 Å². The summed E-state index contributed by atoms with van der Waals surface area (Å²) in [6.07, 6.45) is 2.16. The van der Waals surface area contributed by atoms with Gasteiger partial charge in [-0.1, -0.05) is 43.7 Å². The van der Waals surface area contributed by atoms with Crippen LogP contribution in [0.15, 0.2) is 24.3 Å². The van der Waals surface area contributed by atoms with Gasteiger partial charge >= 0.3 is 0 Å². The van der Waals surface area contributed by atoms with Gasteiger partial charge < -0.3 is 11.1 Å². The SMILES string of the molecule is CCC(N)(CC)CNC(=O)Cc1ccc(C)cc1.Cl. The van der Waals surface area contributed by atoms with Gasteiger partial charge in [0.1, 0.15) is 0 Å². The van der Waals surface area contributed by atoms with Crippen molar-refractivity contribution >= 4 is 18.3 Å². The fraction of sp³-hybridized carbons (Fsp3) is 0.533. The molecule has 0 heterocycles. The first-order valence-corrected chi connectivity index (χ1v) is 6.60. The first kappa shape index (κ1) is 17.9. The molecule has 3 nitrogen and oxygen atoms in total. The van der Waals surface area contributed by atoms with Crippen LogP contribution in [0.3, 0.4) is 0 Å². The molecule has 0 spiro atoms. The Morgan fingerprint density at radius 3 is 2.21 bits per heavy atom. The molecule has 0 aliphatic rings. The number of benzene rings is 1. The minimum atomic E-state index is -0.275. The maximum Gasteiger partial charge on any atom is 0.224 e. The number of nitrogens with two attached hydrogens (primary N) is 1. The molecule has 0 saturated carbocycles. The quantitative estimate of drug-likeness (QED) is 0.844. The number of hydrogen-bond acceptors (Lipinski definition) is 2. The van der Waals surface area contributed by atoms with Crippen LogP contribution in [0.1, 0.15) is 37.8 Å². The number of carbonyl (C=O) groups is 1. The average molecular weight is 285 g/mol. The van der Waals surface area contributed by atoms with Crippen LogP contribution >= 0.6 is 12.4 Å². The Bertz CT molecular complexity index is 386. The third kappa shape index (κ3) is 6.08.